The van der Waals surface area contributed by atoms with Crippen molar-refractivity contribution in [2.24, 2.45) is 0 Å². The van der Waals surface area contributed by atoms with Crippen LogP contribution in [0.2, 0.25) is 0 Å². The highest BCUT2D eigenvalue weighted by Gasteiger charge is 2.23. The van der Waals surface area contributed by atoms with E-state index < -0.39 is 5.43 Å². The van der Waals surface area contributed by atoms with Crippen molar-refractivity contribution in [3.63, 3.8) is 0 Å². The highest BCUT2D eigenvalue weighted by Crippen LogP contribution is 2.40. The number of aliphatic hydroxyl groups is 1. The summed E-state index contributed by atoms with van der Waals surface area (Å²) in [5, 5.41) is 41.3. The van der Waals surface area contributed by atoms with Gasteiger partial charge in [0.2, 0.25) is 5.43 Å². The minimum absolute atomic E-state index is 0.00472. The van der Waals surface area contributed by atoms with Crippen molar-refractivity contribution >= 4 is 21.9 Å². The molecule has 0 saturated carbocycles. The number of allylic oxidation sites excluding steroid dienone is 5. The molecule has 0 radical (unpaired) electrons. The van der Waals surface area contributed by atoms with Gasteiger partial charge in [-0.1, -0.05) is 34.9 Å². The molecule has 7 heteroatoms. The topological polar surface area (TPSA) is 120 Å². The SMILES string of the molecule is COc1c(O)cc2oc3cc(O)c(C/C=C(\C)CO)c(O)c3c(=O)c2c1C/C=C(/C)CC=C(C)C. The van der Waals surface area contributed by atoms with Crippen LogP contribution in [0.5, 0.6) is 23.0 Å². The van der Waals surface area contributed by atoms with Crippen LogP contribution in [0.1, 0.15) is 45.2 Å². The Morgan fingerprint density at radius 2 is 1.49 bits per heavy atom. The second kappa shape index (κ2) is 10.7. The average molecular weight is 481 g/mol. The molecule has 0 spiro atoms. The Balaban J connectivity index is 2.30. The average Bonchev–Trinajstić information content (AvgIpc) is 2.80. The first-order valence-corrected chi connectivity index (χ1v) is 11.4. The van der Waals surface area contributed by atoms with Gasteiger partial charge in [0.25, 0.3) is 0 Å². The van der Waals surface area contributed by atoms with E-state index in [2.05, 4.69) is 6.08 Å². The molecule has 0 fully saturated rings. The number of ether oxygens (including phenoxy) is 1. The molecule has 0 aliphatic rings. The van der Waals surface area contributed by atoms with E-state index >= 15 is 0 Å². The minimum Gasteiger partial charge on any atom is -0.507 e. The molecule has 0 aliphatic heterocycles. The first kappa shape index (κ1) is 25.9. The van der Waals surface area contributed by atoms with Crippen LogP contribution in [-0.2, 0) is 12.8 Å². The number of aromatic hydroxyl groups is 3. The van der Waals surface area contributed by atoms with Crippen LogP contribution in [0.3, 0.4) is 0 Å². The van der Waals surface area contributed by atoms with Gasteiger partial charge in [0, 0.05) is 23.3 Å². The van der Waals surface area contributed by atoms with Crippen molar-refractivity contribution in [2.75, 3.05) is 13.7 Å². The van der Waals surface area contributed by atoms with Crippen molar-refractivity contribution < 1.29 is 29.6 Å². The molecule has 0 saturated heterocycles. The largest absolute Gasteiger partial charge is 0.507 e. The predicted molar refractivity (Wildman–Crippen MR) is 138 cm³/mol. The maximum Gasteiger partial charge on any atom is 0.204 e. The Hall–Kier alpha value is -3.71. The number of phenols is 3. The Morgan fingerprint density at radius 1 is 0.886 bits per heavy atom. The Bertz CT molecular complexity index is 1420. The first-order valence-electron chi connectivity index (χ1n) is 11.4. The Kier molecular flexibility index (Phi) is 7.92. The maximum absolute atomic E-state index is 13.7. The van der Waals surface area contributed by atoms with E-state index in [1.807, 2.05) is 26.8 Å². The molecule has 1 heterocycles. The fourth-order valence-electron chi connectivity index (χ4n) is 3.91. The van der Waals surface area contributed by atoms with E-state index in [-0.39, 0.29) is 63.5 Å². The maximum atomic E-state index is 13.7. The molecule has 0 aliphatic carbocycles. The smallest absolute Gasteiger partial charge is 0.204 e. The van der Waals surface area contributed by atoms with Crippen molar-refractivity contribution in [1.82, 2.24) is 0 Å². The lowest BCUT2D eigenvalue weighted by Gasteiger charge is -2.14. The number of methoxy groups -OCH3 is 1. The molecule has 3 rings (SSSR count). The van der Waals surface area contributed by atoms with Crippen LogP contribution < -0.4 is 10.2 Å². The summed E-state index contributed by atoms with van der Waals surface area (Å²) in [6.45, 7) is 7.59. The molecule has 35 heavy (non-hydrogen) atoms. The van der Waals surface area contributed by atoms with Gasteiger partial charge in [0.1, 0.15) is 28.1 Å². The second-order valence-electron chi connectivity index (χ2n) is 8.96. The predicted octanol–water partition coefficient (Wildman–Crippen LogP) is 5.40. The number of benzene rings is 2. The summed E-state index contributed by atoms with van der Waals surface area (Å²) in [6, 6.07) is 2.57. The van der Waals surface area contributed by atoms with Gasteiger partial charge in [-0.3, -0.25) is 4.79 Å². The highest BCUT2D eigenvalue weighted by atomic mass is 16.5. The summed E-state index contributed by atoms with van der Waals surface area (Å²) in [5.41, 5.74) is 3.16. The standard InChI is InChI=1S/C28H32O7/c1-15(2)6-7-16(3)8-11-19-24-22(13-21(31)28(19)34-5)35-23-12-20(30)18(10-9-17(4)14-29)26(32)25(23)27(24)33/h6,8-9,12-13,29-32H,7,10-11,14H2,1-5H3/b16-8-,17-9+. The lowest BCUT2D eigenvalue weighted by atomic mass is 9.98. The molecule has 2 aromatic carbocycles. The number of aliphatic hydroxyl groups excluding tert-OH is 1. The Morgan fingerprint density at radius 3 is 2.11 bits per heavy atom. The van der Waals surface area contributed by atoms with E-state index in [9.17, 15) is 25.2 Å². The third kappa shape index (κ3) is 5.35. The number of hydrogen-bond donors (Lipinski definition) is 4. The summed E-state index contributed by atoms with van der Waals surface area (Å²) in [5.74, 6) is -0.640. The van der Waals surface area contributed by atoms with Crippen LogP contribution in [-0.4, -0.2) is 34.1 Å². The zero-order valence-corrected chi connectivity index (χ0v) is 20.7. The van der Waals surface area contributed by atoms with Crippen LogP contribution >= 0.6 is 0 Å². The molecule has 0 amide bonds. The van der Waals surface area contributed by atoms with Crippen molar-refractivity contribution in [3.8, 4) is 23.0 Å². The normalized spacial score (nSPS) is 12.4. The number of phenolic OH excluding ortho intramolecular Hbond substituents is 3. The first-order chi connectivity index (χ1) is 16.6. The van der Waals surface area contributed by atoms with Gasteiger partial charge in [0.15, 0.2) is 11.5 Å². The summed E-state index contributed by atoms with van der Waals surface area (Å²) >= 11 is 0. The fraction of sp³-hybridized carbons (Fsp3) is 0.321. The molecule has 1 aromatic heterocycles. The summed E-state index contributed by atoms with van der Waals surface area (Å²) < 4.78 is 11.3. The molecule has 4 N–H and O–H groups in total. The summed E-state index contributed by atoms with van der Waals surface area (Å²) in [7, 11) is 1.41. The summed E-state index contributed by atoms with van der Waals surface area (Å²) in [6.07, 6.45) is 6.90. The van der Waals surface area contributed by atoms with Crippen LogP contribution in [0, 0.1) is 0 Å². The van der Waals surface area contributed by atoms with E-state index in [0.29, 0.717) is 17.6 Å². The monoisotopic (exact) mass is 480 g/mol. The number of hydrogen-bond acceptors (Lipinski definition) is 7. The van der Waals surface area contributed by atoms with Gasteiger partial charge in [-0.05, 0) is 47.0 Å². The van der Waals surface area contributed by atoms with Crippen molar-refractivity contribution in [1.29, 1.82) is 0 Å². The molecular formula is C28H32O7. The zero-order chi connectivity index (χ0) is 25.9. The molecule has 186 valence electrons. The van der Waals surface area contributed by atoms with E-state index in [1.54, 1.807) is 13.0 Å². The molecule has 0 unspecified atom stereocenters. The number of rotatable bonds is 8. The molecular weight excluding hydrogens is 448 g/mol. The van der Waals surface area contributed by atoms with E-state index in [1.165, 1.54) is 24.8 Å². The van der Waals surface area contributed by atoms with Gasteiger partial charge < -0.3 is 29.6 Å². The Labute approximate surface area is 203 Å². The van der Waals surface area contributed by atoms with Gasteiger partial charge in [-0.25, -0.2) is 0 Å². The van der Waals surface area contributed by atoms with Crippen LogP contribution in [0.25, 0.3) is 21.9 Å². The quantitative estimate of drug-likeness (QED) is 0.252. The van der Waals surface area contributed by atoms with Crippen LogP contribution in [0.15, 0.2) is 56.3 Å². The number of fused-ring (bicyclic) bond motifs is 2. The van der Waals surface area contributed by atoms with Crippen molar-refractivity contribution in [2.45, 2.75) is 47.0 Å². The fourth-order valence-corrected chi connectivity index (χ4v) is 3.91. The third-order valence-electron chi connectivity index (χ3n) is 5.94. The van der Waals surface area contributed by atoms with Gasteiger partial charge in [-0.15, -0.1) is 0 Å². The molecule has 0 bridgehead atoms. The van der Waals surface area contributed by atoms with E-state index in [4.69, 9.17) is 9.15 Å². The van der Waals surface area contributed by atoms with Gasteiger partial charge in [0.05, 0.1) is 19.1 Å². The molecule has 7 nitrogen and oxygen atoms in total. The second-order valence-corrected chi connectivity index (χ2v) is 8.96. The van der Waals surface area contributed by atoms with Crippen LogP contribution in [0.4, 0.5) is 0 Å². The van der Waals surface area contributed by atoms with Gasteiger partial charge in [-0.2, -0.15) is 0 Å². The van der Waals surface area contributed by atoms with Crippen molar-refractivity contribution in [3.05, 3.63) is 68.4 Å². The lowest BCUT2D eigenvalue weighted by Crippen LogP contribution is -2.08. The van der Waals surface area contributed by atoms with Gasteiger partial charge >= 0.3 is 0 Å². The lowest BCUT2D eigenvalue weighted by molar-refractivity contribution is 0.331. The molecule has 3 aromatic rings. The minimum atomic E-state index is -0.494. The zero-order valence-electron chi connectivity index (χ0n) is 20.7. The highest BCUT2D eigenvalue weighted by molar-refractivity contribution is 5.97. The third-order valence-corrected chi connectivity index (χ3v) is 5.94. The van der Waals surface area contributed by atoms with E-state index in [0.717, 1.165) is 12.0 Å². The summed E-state index contributed by atoms with van der Waals surface area (Å²) in [4.78, 5) is 13.7. The molecule has 0 atom stereocenters.